The Kier molecular flexibility index (Phi) is 57.8. The Morgan fingerprint density at radius 3 is 1.09 bits per heavy atom. The lowest BCUT2D eigenvalue weighted by atomic mass is 10.0. The van der Waals surface area contributed by atoms with Gasteiger partial charge in [0.05, 0.1) is 34.4 Å². The average Bonchev–Trinajstić information content (AvgIpc) is 3.41. The molecule has 0 saturated carbocycles. The van der Waals surface area contributed by atoms with Crippen molar-refractivity contribution in [2.24, 2.45) is 0 Å². The highest BCUT2D eigenvalue weighted by atomic mass is 16.7. The summed E-state index contributed by atoms with van der Waals surface area (Å²) >= 11 is 0. The first-order valence-electron chi connectivity index (χ1n) is 33.0. The molecule has 0 amide bonds. The maximum Gasteiger partial charge on any atom is 0.361 e. The first-order chi connectivity index (χ1) is 38.1. The van der Waals surface area contributed by atoms with Crippen molar-refractivity contribution in [3.8, 4) is 0 Å². The molecule has 0 rings (SSSR count). The number of likely N-dealkylation sites (N-methyl/N-ethyl adjacent to an activating group) is 1. The monoisotopic (exact) mass is 1100 g/mol. The van der Waals surface area contributed by atoms with Crippen LogP contribution in [0.15, 0.2) is 60.8 Å². The molecule has 0 aliphatic rings. The van der Waals surface area contributed by atoms with Crippen molar-refractivity contribution >= 4 is 17.9 Å². The van der Waals surface area contributed by atoms with E-state index in [0.717, 1.165) is 77.0 Å². The highest BCUT2D eigenvalue weighted by Crippen LogP contribution is 2.18. The molecule has 9 heteroatoms. The van der Waals surface area contributed by atoms with Gasteiger partial charge in [0.1, 0.15) is 13.2 Å². The Bertz CT molecular complexity index is 1460. The standard InChI is InChI=1S/C69H125NO8/c1-6-8-10-12-14-16-18-20-22-24-26-28-30-32-34-36-38-40-42-44-46-48-50-52-54-56-58-60-67(72)78-65(64-77-69(68(73)74)75-62-61-70(3,4)5)63-76-66(71)59-57-55-53-51-49-47-45-43-41-39-37-35-33-31-29-27-25-23-21-19-17-15-13-11-9-7-2/h8,10,14,16,20,22,26,28,32,34,65,69H,6-7,9,11-13,15,17-19,21,23-25,27,29-31,33,35-64H2,1-5H3/p+1/b10-8-,16-14-,22-20-,28-26-,34-32-. The number of allylic oxidation sites excluding steroid dienone is 10. The van der Waals surface area contributed by atoms with E-state index >= 15 is 0 Å². The number of nitrogens with zero attached hydrogens (tertiary/aromatic N) is 1. The molecule has 0 aliphatic heterocycles. The molecule has 0 spiro atoms. The molecule has 0 saturated heterocycles. The van der Waals surface area contributed by atoms with Gasteiger partial charge in [0, 0.05) is 12.8 Å². The summed E-state index contributed by atoms with van der Waals surface area (Å²) < 4.78 is 23.0. The highest BCUT2D eigenvalue weighted by Gasteiger charge is 2.25. The van der Waals surface area contributed by atoms with Crippen LogP contribution >= 0.6 is 0 Å². The van der Waals surface area contributed by atoms with Crippen molar-refractivity contribution in [2.75, 3.05) is 47.5 Å². The maximum atomic E-state index is 12.9. The minimum Gasteiger partial charge on any atom is -0.477 e. The third kappa shape index (κ3) is 60.6. The van der Waals surface area contributed by atoms with E-state index in [-0.39, 0.29) is 32.2 Å². The predicted molar refractivity (Wildman–Crippen MR) is 332 cm³/mol. The molecule has 0 fully saturated rings. The van der Waals surface area contributed by atoms with Crippen LogP contribution in [0.2, 0.25) is 0 Å². The Morgan fingerprint density at radius 1 is 0.397 bits per heavy atom. The Morgan fingerprint density at radius 2 is 0.731 bits per heavy atom. The quantitative estimate of drug-likeness (QED) is 0.0211. The zero-order valence-corrected chi connectivity index (χ0v) is 51.8. The topological polar surface area (TPSA) is 108 Å². The number of aliphatic carboxylic acids is 1. The molecule has 2 atom stereocenters. The number of carbonyl (C=O) groups excluding carboxylic acids is 2. The van der Waals surface area contributed by atoms with Crippen LogP contribution in [0.3, 0.4) is 0 Å². The fraction of sp³-hybridized carbons (Fsp3) is 0.812. The molecule has 0 aliphatic carbocycles. The first-order valence-corrected chi connectivity index (χ1v) is 33.0. The molecule has 1 N–H and O–H groups in total. The van der Waals surface area contributed by atoms with Crippen LogP contribution in [-0.4, -0.2) is 87.4 Å². The molecular weight excluding hydrogens is 971 g/mol. The third-order valence-corrected chi connectivity index (χ3v) is 14.5. The van der Waals surface area contributed by atoms with Gasteiger partial charge in [0.2, 0.25) is 0 Å². The van der Waals surface area contributed by atoms with Crippen LogP contribution < -0.4 is 0 Å². The van der Waals surface area contributed by atoms with E-state index in [9.17, 15) is 19.5 Å². The summed E-state index contributed by atoms with van der Waals surface area (Å²) in [7, 11) is 5.98. The van der Waals surface area contributed by atoms with Gasteiger partial charge in [-0.1, -0.05) is 293 Å². The summed E-state index contributed by atoms with van der Waals surface area (Å²) in [6.45, 7) is 4.81. The van der Waals surface area contributed by atoms with Crippen LogP contribution in [0.4, 0.5) is 0 Å². The van der Waals surface area contributed by atoms with Crippen LogP contribution in [0.1, 0.15) is 303 Å². The van der Waals surface area contributed by atoms with Crippen LogP contribution in [0, 0.1) is 0 Å². The molecule has 0 radical (unpaired) electrons. The largest absolute Gasteiger partial charge is 0.477 e. The van der Waals surface area contributed by atoms with Gasteiger partial charge in [-0.3, -0.25) is 9.59 Å². The van der Waals surface area contributed by atoms with Gasteiger partial charge in [0.15, 0.2) is 6.10 Å². The van der Waals surface area contributed by atoms with Crippen molar-refractivity contribution in [3.05, 3.63) is 60.8 Å². The van der Waals surface area contributed by atoms with E-state index in [1.54, 1.807) is 0 Å². The van der Waals surface area contributed by atoms with E-state index in [4.69, 9.17) is 18.9 Å². The molecule has 454 valence electrons. The molecule has 0 aromatic carbocycles. The minimum atomic E-state index is -1.51. The van der Waals surface area contributed by atoms with Crippen molar-refractivity contribution in [3.63, 3.8) is 0 Å². The van der Waals surface area contributed by atoms with E-state index < -0.39 is 24.3 Å². The number of esters is 2. The summed E-state index contributed by atoms with van der Waals surface area (Å²) in [6.07, 6.45) is 74.6. The van der Waals surface area contributed by atoms with E-state index in [2.05, 4.69) is 74.6 Å². The summed E-state index contributed by atoms with van der Waals surface area (Å²) in [6, 6.07) is 0. The van der Waals surface area contributed by atoms with Gasteiger partial charge in [-0.25, -0.2) is 4.79 Å². The van der Waals surface area contributed by atoms with Gasteiger partial charge in [-0.15, -0.1) is 0 Å². The van der Waals surface area contributed by atoms with Gasteiger partial charge in [0.25, 0.3) is 6.29 Å². The molecule has 2 unspecified atom stereocenters. The number of quaternary nitrogens is 1. The van der Waals surface area contributed by atoms with Crippen molar-refractivity contribution in [1.82, 2.24) is 0 Å². The number of rotatable bonds is 61. The summed E-state index contributed by atoms with van der Waals surface area (Å²) in [5, 5.41) is 9.73. The van der Waals surface area contributed by atoms with Crippen molar-refractivity contribution in [1.29, 1.82) is 0 Å². The van der Waals surface area contributed by atoms with Gasteiger partial charge >= 0.3 is 17.9 Å². The number of carbonyl (C=O) groups is 3. The first kappa shape index (κ1) is 75.0. The van der Waals surface area contributed by atoms with Crippen molar-refractivity contribution in [2.45, 2.75) is 315 Å². The van der Waals surface area contributed by atoms with E-state index in [1.165, 1.54) is 199 Å². The highest BCUT2D eigenvalue weighted by molar-refractivity contribution is 5.71. The van der Waals surface area contributed by atoms with E-state index in [1.807, 2.05) is 21.1 Å². The molecule has 0 bridgehead atoms. The number of hydrogen-bond donors (Lipinski definition) is 1. The lowest BCUT2D eigenvalue weighted by Crippen LogP contribution is -2.40. The van der Waals surface area contributed by atoms with E-state index in [0.29, 0.717) is 17.4 Å². The van der Waals surface area contributed by atoms with Gasteiger partial charge < -0.3 is 28.5 Å². The Hall–Kier alpha value is -3.01. The number of hydrogen-bond acceptors (Lipinski definition) is 7. The summed E-state index contributed by atoms with van der Waals surface area (Å²) in [4.78, 5) is 37.6. The van der Waals surface area contributed by atoms with Crippen LogP contribution in [-0.2, 0) is 33.3 Å². The van der Waals surface area contributed by atoms with Crippen LogP contribution in [0.5, 0.6) is 0 Å². The zero-order chi connectivity index (χ0) is 56.9. The predicted octanol–water partition coefficient (Wildman–Crippen LogP) is 20.0. The SMILES string of the molecule is CC/C=C\C/C=C\C/C=C\C/C=C\C/C=C\CCCCCCCCCCCCCC(=O)OC(COC(=O)CCCCCCCCCCCCCCCCCCCCCCCCCCCC)COC(OCC[N+](C)(C)C)C(=O)O. The molecule has 0 aromatic heterocycles. The number of ether oxygens (including phenoxy) is 4. The zero-order valence-electron chi connectivity index (χ0n) is 51.8. The third-order valence-electron chi connectivity index (χ3n) is 14.5. The van der Waals surface area contributed by atoms with Gasteiger partial charge in [-0.05, 0) is 57.8 Å². The average molecular weight is 1100 g/mol. The Balaban J connectivity index is 4.15. The number of unbranched alkanes of at least 4 members (excludes halogenated alkanes) is 36. The fourth-order valence-electron chi connectivity index (χ4n) is 9.51. The molecule has 9 nitrogen and oxygen atoms in total. The van der Waals surface area contributed by atoms with Crippen LogP contribution in [0.25, 0.3) is 0 Å². The minimum absolute atomic E-state index is 0.181. The smallest absolute Gasteiger partial charge is 0.361 e. The second-order valence-electron chi connectivity index (χ2n) is 23.4. The molecule has 78 heavy (non-hydrogen) atoms. The second-order valence-corrected chi connectivity index (χ2v) is 23.4. The lowest BCUT2D eigenvalue weighted by molar-refractivity contribution is -0.870. The summed E-state index contributed by atoms with van der Waals surface area (Å²) in [5.74, 6) is -1.99. The Labute approximate surface area is 482 Å². The second kappa shape index (κ2) is 60.1. The number of carboxylic acid groups (broad SMARTS) is 1. The molecule has 0 aromatic rings. The molecular formula is C69H126NO8+. The molecule has 0 heterocycles. The van der Waals surface area contributed by atoms with Crippen molar-refractivity contribution < 1.29 is 42.9 Å². The lowest BCUT2D eigenvalue weighted by Gasteiger charge is -2.25. The fourth-order valence-corrected chi connectivity index (χ4v) is 9.51. The normalized spacial score (nSPS) is 13.1. The number of carboxylic acids is 1. The summed E-state index contributed by atoms with van der Waals surface area (Å²) in [5.41, 5.74) is 0. The van der Waals surface area contributed by atoms with Gasteiger partial charge in [-0.2, -0.15) is 0 Å². The maximum absolute atomic E-state index is 12.9.